The Morgan fingerprint density at radius 2 is 1.76 bits per heavy atom. The first kappa shape index (κ1) is 19.6. The van der Waals surface area contributed by atoms with Crippen LogP contribution in [0.1, 0.15) is 21.5 Å². The second kappa shape index (κ2) is 7.97. The summed E-state index contributed by atoms with van der Waals surface area (Å²) in [6, 6.07) is 21.0. The van der Waals surface area contributed by atoms with Gasteiger partial charge in [-0.1, -0.05) is 57.4 Å². The van der Waals surface area contributed by atoms with Gasteiger partial charge >= 0.3 is 0 Å². The van der Waals surface area contributed by atoms with Crippen LogP contribution < -0.4 is 5.32 Å². The summed E-state index contributed by atoms with van der Waals surface area (Å²) in [5, 5.41) is 4.37. The highest BCUT2D eigenvalue weighted by Crippen LogP contribution is 2.29. The lowest BCUT2D eigenvalue weighted by molar-refractivity contribution is 0.102. The normalized spacial score (nSPS) is 10.9. The van der Waals surface area contributed by atoms with Gasteiger partial charge in [-0.15, -0.1) is 0 Å². The van der Waals surface area contributed by atoms with Gasteiger partial charge < -0.3 is 5.32 Å². The highest BCUT2D eigenvalue weighted by Gasteiger charge is 2.16. The van der Waals surface area contributed by atoms with E-state index in [0.29, 0.717) is 16.3 Å². The summed E-state index contributed by atoms with van der Waals surface area (Å²) in [6.07, 6.45) is 0. The number of hydrogen-bond donors (Lipinski definition) is 1. The van der Waals surface area contributed by atoms with Crippen molar-refractivity contribution in [3.63, 3.8) is 0 Å². The number of aryl methyl sites for hydroxylation is 2. The maximum atomic E-state index is 13.2. The van der Waals surface area contributed by atoms with E-state index in [1.807, 2.05) is 62.4 Å². The molecule has 1 aromatic heterocycles. The molecule has 0 atom stereocenters. The number of aromatic nitrogens is 1. The topological polar surface area (TPSA) is 42.0 Å². The number of nitrogens with zero attached hydrogens (tertiary/aromatic N) is 1. The number of halogens is 2. The number of rotatable bonds is 3. The zero-order chi connectivity index (χ0) is 20.5. The Labute approximate surface area is 182 Å². The molecule has 3 nitrogen and oxygen atoms in total. The molecule has 0 saturated carbocycles. The van der Waals surface area contributed by atoms with Crippen LogP contribution in [0.15, 0.2) is 71.2 Å². The minimum Gasteiger partial charge on any atom is -0.322 e. The summed E-state index contributed by atoms with van der Waals surface area (Å²) in [6.45, 7) is 4.04. The zero-order valence-corrected chi connectivity index (χ0v) is 18.3. The Morgan fingerprint density at radius 3 is 2.48 bits per heavy atom. The van der Waals surface area contributed by atoms with E-state index in [1.54, 1.807) is 12.1 Å². The second-order valence-corrected chi connectivity index (χ2v) is 8.36. The summed E-state index contributed by atoms with van der Waals surface area (Å²) in [7, 11) is 0. The van der Waals surface area contributed by atoms with E-state index >= 15 is 0 Å². The molecule has 0 spiro atoms. The van der Waals surface area contributed by atoms with Crippen LogP contribution >= 0.6 is 27.5 Å². The first-order chi connectivity index (χ1) is 13.9. The third kappa shape index (κ3) is 4.19. The van der Waals surface area contributed by atoms with Crippen molar-refractivity contribution in [3.8, 4) is 11.3 Å². The van der Waals surface area contributed by atoms with Crippen LogP contribution in [-0.4, -0.2) is 10.9 Å². The van der Waals surface area contributed by atoms with Crippen molar-refractivity contribution in [2.24, 2.45) is 0 Å². The molecule has 29 heavy (non-hydrogen) atoms. The molecule has 0 fully saturated rings. The van der Waals surface area contributed by atoms with Crippen molar-refractivity contribution in [3.05, 3.63) is 92.9 Å². The fourth-order valence-electron chi connectivity index (χ4n) is 3.40. The van der Waals surface area contributed by atoms with Crippen LogP contribution in [0.4, 0.5) is 5.69 Å². The minimum atomic E-state index is -0.192. The molecule has 0 radical (unpaired) electrons. The van der Waals surface area contributed by atoms with Crippen molar-refractivity contribution in [1.29, 1.82) is 0 Å². The summed E-state index contributed by atoms with van der Waals surface area (Å²) in [5.74, 6) is -0.192. The Balaban J connectivity index is 1.88. The number of fused-ring (bicyclic) bond motifs is 1. The molecule has 0 aliphatic carbocycles. The number of amides is 1. The average molecular weight is 466 g/mol. The summed E-state index contributed by atoms with van der Waals surface area (Å²) < 4.78 is 0.993. The Kier molecular flexibility index (Phi) is 5.39. The minimum absolute atomic E-state index is 0.192. The third-order valence-corrected chi connectivity index (χ3v) is 5.48. The monoisotopic (exact) mass is 464 g/mol. The Hall–Kier alpha value is -2.69. The van der Waals surface area contributed by atoms with Gasteiger partial charge in [0.05, 0.1) is 16.8 Å². The van der Waals surface area contributed by atoms with Gasteiger partial charge in [-0.05, 0) is 61.9 Å². The van der Waals surface area contributed by atoms with Crippen LogP contribution in [0, 0.1) is 13.8 Å². The standard InChI is InChI=1S/C24H18BrClN2O/c1-14-10-15(2)23-20(11-14)21(24(29)27-19-5-3-4-18(26)12-19)13-22(28-23)16-6-8-17(25)9-7-16/h3-13H,1-2H3,(H,27,29). The molecule has 0 bridgehead atoms. The maximum absolute atomic E-state index is 13.2. The molecule has 5 heteroatoms. The predicted molar refractivity (Wildman–Crippen MR) is 124 cm³/mol. The smallest absolute Gasteiger partial charge is 0.256 e. The van der Waals surface area contributed by atoms with Gasteiger partial charge in [-0.25, -0.2) is 4.98 Å². The molecule has 0 unspecified atom stereocenters. The average Bonchev–Trinajstić information content (AvgIpc) is 2.68. The van der Waals surface area contributed by atoms with E-state index in [0.717, 1.165) is 37.8 Å². The molecule has 144 valence electrons. The van der Waals surface area contributed by atoms with Crippen molar-refractivity contribution in [2.75, 3.05) is 5.32 Å². The lowest BCUT2D eigenvalue weighted by Gasteiger charge is -2.13. The maximum Gasteiger partial charge on any atom is 0.256 e. The quantitative estimate of drug-likeness (QED) is 0.348. The van der Waals surface area contributed by atoms with Crippen LogP contribution in [0.3, 0.4) is 0 Å². The highest BCUT2D eigenvalue weighted by molar-refractivity contribution is 9.10. The predicted octanol–water partition coefficient (Wildman–Crippen LogP) is 7.19. The number of carbonyl (C=O) groups is 1. The van der Waals surface area contributed by atoms with Gasteiger partial charge in [0.2, 0.25) is 0 Å². The van der Waals surface area contributed by atoms with Crippen LogP contribution in [0.2, 0.25) is 5.02 Å². The number of anilines is 1. The van der Waals surface area contributed by atoms with E-state index in [9.17, 15) is 4.79 Å². The van der Waals surface area contributed by atoms with Crippen molar-refractivity contribution in [1.82, 2.24) is 4.98 Å². The van der Waals surface area contributed by atoms with E-state index in [4.69, 9.17) is 16.6 Å². The molecule has 0 saturated heterocycles. The molecular formula is C24H18BrClN2O. The van der Waals surface area contributed by atoms with E-state index < -0.39 is 0 Å². The Bertz CT molecular complexity index is 1240. The number of benzene rings is 3. The van der Waals surface area contributed by atoms with Gasteiger partial charge in [-0.3, -0.25) is 4.79 Å². The van der Waals surface area contributed by atoms with Crippen molar-refractivity contribution < 1.29 is 4.79 Å². The third-order valence-electron chi connectivity index (χ3n) is 4.72. The van der Waals surface area contributed by atoms with Gasteiger partial charge in [0.15, 0.2) is 0 Å². The first-order valence-electron chi connectivity index (χ1n) is 9.15. The van der Waals surface area contributed by atoms with Gasteiger partial charge in [0.1, 0.15) is 0 Å². The van der Waals surface area contributed by atoms with E-state index in [-0.39, 0.29) is 5.91 Å². The molecular weight excluding hydrogens is 448 g/mol. The number of hydrogen-bond acceptors (Lipinski definition) is 2. The zero-order valence-electron chi connectivity index (χ0n) is 16.0. The van der Waals surface area contributed by atoms with Gasteiger partial charge in [-0.2, -0.15) is 0 Å². The Morgan fingerprint density at radius 1 is 1.00 bits per heavy atom. The summed E-state index contributed by atoms with van der Waals surface area (Å²) >= 11 is 9.53. The van der Waals surface area contributed by atoms with Crippen LogP contribution in [0.25, 0.3) is 22.2 Å². The van der Waals surface area contributed by atoms with Gasteiger partial charge in [0.25, 0.3) is 5.91 Å². The molecule has 4 aromatic rings. The highest BCUT2D eigenvalue weighted by atomic mass is 79.9. The molecule has 1 amide bonds. The van der Waals surface area contributed by atoms with Crippen molar-refractivity contribution >= 4 is 50.0 Å². The fourth-order valence-corrected chi connectivity index (χ4v) is 3.86. The van der Waals surface area contributed by atoms with E-state index in [2.05, 4.69) is 27.3 Å². The SMILES string of the molecule is Cc1cc(C)c2nc(-c3ccc(Br)cc3)cc(C(=O)Nc3cccc(Cl)c3)c2c1. The molecule has 1 N–H and O–H groups in total. The van der Waals surface area contributed by atoms with Crippen molar-refractivity contribution in [2.45, 2.75) is 13.8 Å². The van der Waals surface area contributed by atoms with Gasteiger partial charge in [0, 0.05) is 26.1 Å². The van der Waals surface area contributed by atoms with E-state index in [1.165, 1.54) is 0 Å². The first-order valence-corrected chi connectivity index (χ1v) is 10.3. The molecule has 1 heterocycles. The number of nitrogens with one attached hydrogen (secondary N) is 1. The lowest BCUT2D eigenvalue weighted by atomic mass is 9.99. The second-order valence-electron chi connectivity index (χ2n) is 7.00. The molecule has 0 aliphatic heterocycles. The molecule has 4 rings (SSSR count). The molecule has 3 aromatic carbocycles. The largest absolute Gasteiger partial charge is 0.322 e. The summed E-state index contributed by atoms with van der Waals surface area (Å²) in [5.41, 5.74) is 5.90. The van der Waals surface area contributed by atoms with Crippen LogP contribution in [-0.2, 0) is 0 Å². The summed E-state index contributed by atoms with van der Waals surface area (Å²) in [4.78, 5) is 18.1. The fraction of sp³-hybridized carbons (Fsp3) is 0.0833. The number of carbonyl (C=O) groups excluding carboxylic acids is 1. The lowest BCUT2D eigenvalue weighted by Crippen LogP contribution is -2.13. The molecule has 0 aliphatic rings. The number of pyridine rings is 1. The van der Waals surface area contributed by atoms with Crippen LogP contribution in [0.5, 0.6) is 0 Å².